The van der Waals surface area contributed by atoms with Crippen LogP contribution in [0.2, 0.25) is 0 Å². The fourth-order valence-electron chi connectivity index (χ4n) is 2.96. The summed E-state index contributed by atoms with van der Waals surface area (Å²) >= 11 is 0. The van der Waals surface area contributed by atoms with Gasteiger partial charge < -0.3 is 9.64 Å². The molecule has 6 nitrogen and oxygen atoms in total. The Morgan fingerprint density at radius 2 is 1.71 bits per heavy atom. The zero-order valence-electron chi connectivity index (χ0n) is 17.9. The molecule has 31 heavy (non-hydrogen) atoms. The number of nitrogens with zero attached hydrogens (tertiary/aromatic N) is 1. The SMILES string of the molecule is COc1ccc(C(=O)N(C)Cc2ccccc2C(F)(F)F)cc1S(=O)(=O)NC(C)(C)C. The van der Waals surface area contributed by atoms with Gasteiger partial charge in [0, 0.05) is 24.7 Å². The number of benzene rings is 2. The van der Waals surface area contributed by atoms with Gasteiger partial charge in [-0.05, 0) is 50.6 Å². The van der Waals surface area contributed by atoms with Crippen molar-refractivity contribution in [2.24, 2.45) is 0 Å². The molecule has 0 radical (unpaired) electrons. The molecule has 170 valence electrons. The van der Waals surface area contributed by atoms with Crippen molar-refractivity contribution >= 4 is 15.9 Å². The van der Waals surface area contributed by atoms with Crippen molar-refractivity contribution in [3.8, 4) is 5.75 Å². The molecule has 1 amide bonds. The summed E-state index contributed by atoms with van der Waals surface area (Å²) in [6, 6.07) is 8.83. The van der Waals surface area contributed by atoms with Gasteiger partial charge in [-0.3, -0.25) is 4.79 Å². The number of rotatable bonds is 6. The third-order valence-electron chi connectivity index (χ3n) is 4.22. The van der Waals surface area contributed by atoms with Crippen LogP contribution in [0.25, 0.3) is 0 Å². The van der Waals surface area contributed by atoms with Crippen molar-refractivity contribution in [2.75, 3.05) is 14.2 Å². The smallest absolute Gasteiger partial charge is 0.416 e. The van der Waals surface area contributed by atoms with E-state index in [1.807, 2.05) is 0 Å². The van der Waals surface area contributed by atoms with Crippen LogP contribution in [0.1, 0.15) is 42.3 Å². The van der Waals surface area contributed by atoms with Crippen molar-refractivity contribution in [1.29, 1.82) is 0 Å². The van der Waals surface area contributed by atoms with E-state index >= 15 is 0 Å². The van der Waals surface area contributed by atoms with Crippen molar-refractivity contribution in [2.45, 2.75) is 43.9 Å². The van der Waals surface area contributed by atoms with E-state index in [0.717, 1.165) is 17.0 Å². The number of carbonyl (C=O) groups is 1. The van der Waals surface area contributed by atoms with Crippen molar-refractivity contribution in [3.05, 3.63) is 59.2 Å². The number of ether oxygens (including phenoxy) is 1. The minimum atomic E-state index is -4.56. The van der Waals surface area contributed by atoms with Gasteiger partial charge in [-0.1, -0.05) is 18.2 Å². The Balaban J connectivity index is 2.39. The summed E-state index contributed by atoms with van der Waals surface area (Å²) in [5.74, 6) is -0.592. The van der Waals surface area contributed by atoms with E-state index < -0.39 is 33.2 Å². The molecule has 0 saturated carbocycles. The number of nitrogens with one attached hydrogen (secondary N) is 1. The monoisotopic (exact) mass is 458 g/mol. The summed E-state index contributed by atoms with van der Waals surface area (Å²) < 4.78 is 72.9. The maximum absolute atomic E-state index is 13.2. The zero-order valence-corrected chi connectivity index (χ0v) is 18.7. The van der Waals surface area contributed by atoms with Gasteiger partial charge in [-0.25, -0.2) is 13.1 Å². The molecular weight excluding hydrogens is 433 g/mol. The van der Waals surface area contributed by atoms with Gasteiger partial charge in [-0.2, -0.15) is 13.2 Å². The van der Waals surface area contributed by atoms with Crippen LogP contribution < -0.4 is 9.46 Å². The molecule has 2 rings (SSSR count). The third kappa shape index (κ3) is 6.20. The number of halogens is 3. The first-order valence-electron chi connectivity index (χ1n) is 9.28. The van der Waals surface area contributed by atoms with E-state index in [1.54, 1.807) is 20.8 Å². The quantitative estimate of drug-likeness (QED) is 0.708. The van der Waals surface area contributed by atoms with E-state index in [0.29, 0.717) is 0 Å². The van der Waals surface area contributed by atoms with Crippen molar-refractivity contribution in [3.63, 3.8) is 0 Å². The number of alkyl halides is 3. The lowest BCUT2D eigenvalue weighted by molar-refractivity contribution is -0.138. The lowest BCUT2D eigenvalue weighted by Crippen LogP contribution is -2.40. The zero-order chi connectivity index (χ0) is 23.6. The van der Waals surface area contributed by atoms with Crippen LogP contribution in [0.5, 0.6) is 5.75 Å². The molecular formula is C21H25F3N2O4S. The summed E-state index contributed by atoms with van der Waals surface area (Å²) in [6.07, 6.45) is -4.56. The summed E-state index contributed by atoms with van der Waals surface area (Å²) in [6.45, 7) is 4.69. The van der Waals surface area contributed by atoms with Crippen LogP contribution >= 0.6 is 0 Å². The first-order valence-corrected chi connectivity index (χ1v) is 10.8. The van der Waals surface area contributed by atoms with E-state index in [1.165, 1.54) is 44.5 Å². The fraction of sp³-hybridized carbons (Fsp3) is 0.381. The molecule has 0 unspecified atom stereocenters. The predicted molar refractivity (Wildman–Crippen MR) is 110 cm³/mol. The van der Waals surface area contributed by atoms with Gasteiger partial charge >= 0.3 is 6.18 Å². The average molecular weight is 459 g/mol. The van der Waals surface area contributed by atoms with Crippen LogP contribution in [0.4, 0.5) is 13.2 Å². The van der Waals surface area contributed by atoms with Crippen LogP contribution in [0.15, 0.2) is 47.4 Å². The predicted octanol–water partition coefficient (Wildman–Crippen LogP) is 4.06. The maximum Gasteiger partial charge on any atom is 0.416 e. The van der Waals surface area contributed by atoms with Gasteiger partial charge in [0.15, 0.2) is 0 Å². The van der Waals surface area contributed by atoms with E-state index in [4.69, 9.17) is 4.74 Å². The van der Waals surface area contributed by atoms with Gasteiger partial charge in [0.1, 0.15) is 10.6 Å². The maximum atomic E-state index is 13.2. The Hall–Kier alpha value is -2.59. The van der Waals surface area contributed by atoms with Crippen LogP contribution in [0.3, 0.4) is 0 Å². The van der Waals surface area contributed by atoms with E-state index in [2.05, 4.69) is 4.72 Å². The highest BCUT2D eigenvalue weighted by Gasteiger charge is 2.33. The number of sulfonamides is 1. The second-order valence-electron chi connectivity index (χ2n) is 8.04. The Labute approximate surface area is 180 Å². The van der Waals surface area contributed by atoms with Crippen molar-refractivity contribution < 1.29 is 31.1 Å². The molecule has 1 N–H and O–H groups in total. The van der Waals surface area contributed by atoms with Crippen LogP contribution in [0, 0.1) is 0 Å². The molecule has 2 aromatic rings. The van der Waals surface area contributed by atoms with Gasteiger partial charge in [0.05, 0.1) is 12.7 Å². The Bertz CT molecular complexity index is 1060. The summed E-state index contributed by atoms with van der Waals surface area (Å²) in [4.78, 5) is 13.7. The Morgan fingerprint density at radius 3 is 2.26 bits per heavy atom. The number of hydrogen-bond acceptors (Lipinski definition) is 4. The minimum absolute atomic E-state index is 0.00192. The minimum Gasteiger partial charge on any atom is -0.495 e. The highest BCUT2D eigenvalue weighted by atomic mass is 32.2. The Kier molecular flexibility index (Phi) is 7.07. The molecule has 0 aliphatic rings. The second-order valence-corrected chi connectivity index (χ2v) is 9.69. The molecule has 0 aliphatic carbocycles. The number of carbonyl (C=O) groups excluding carboxylic acids is 1. The molecule has 0 fully saturated rings. The molecule has 2 aromatic carbocycles. The second kappa shape index (κ2) is 8.88. The molecule has 0 spiro atoms. The highest BCUT2D eigenvalue weighted by molar-refractivity contribution is 7.89. The molecule has 0 heterocycles. The third-order valence-corrected chi connectivity index (χ3v) is 6.00. The lowest BCUT2D eigenvalue weighted by Gasteiger charge is -2.23. The summed E-state index contributed by atoms with van der Waals surface area (Å²) in [5, 5.41) is 0. The van der Waals surface area contributed by atoms with E-state index in [-0.39, 0.29) is 28.3 Å². The lowest BCUT2D eigenvalue weighted by atomic mass is 10.1. The Morgan fingerprint density at radius 1 is 1.10 bits per heavy atom. The fourth-order valence-corrected chi connectivity index (χ4v) is 4.57. The standard InChI is InChI=1S/C21H25F3N2O4S/c1-20(2,3)25-31(28,29)18-12-14(10-11-17(18)30-5)19(27)26(4)13-15-8-6-7-9-16(15)21(22,23)24/h6-12,25H,13H2,1-5H3. The number of hydrogen-bond donors (Lipinski definition) is 1. The molecule has 10 heteroatoms. The van der Waals surface area contributed by atoms with Gasteiger partial charge in [-0.15, -0.1) is 0 Å². The number of amides is 1. The molecule has 0 aromatic heterocycles. The van der Waals surface area contributed by atoms with Crippen LogP contribution in [-0.2, 0) is 22.7 Å². The topological polar surface area (TPSA) is 75.7 Å². The molecule has 0 saturated heterocycles. The average Bonchev–Trinajstić information content (AvgIpc) is 2.64. The first kappa shape index (κ1) is 24.7. The van der Waals surface area contributed by atoms with Gasteiger partial charge in [0.25, 0.3) is 5.91 Å². The van der Waals surface area contributed by atoms with Gasteiger partial charge in [0.2, 0.25) is 10.0 Å². The summed E-state index contributed by atoms with van der Waals surface area (Å²) in [7, 11) is -1.37. The van der Waals surface area contributed by atoms with Crippen LogP contribution in [-0.4, -0.2) is 38.9 Å². The molecule has 0 atom stereocenters. The molecule has 0 aliphatic heterocycles. The number of methoxy groups -OCH3 is 1. The largest absolute Gasteiger partial charge is 0.495 e. The molecule has 0 bridgehead atoms. The normalized spacial score (nSPS) is 12.5. The van der Waals surface area contributed by atoms with E-state index in [9.17, 15) is 26.4 Å². The first-order chi connectivity index (χ1) is 14.2. The summed E-state index contributed by atoms with van der Waals surface area (Å²) in [5.41, 5.74) is -1.67. The highest BCUT2D eigenvalue weighted by Crippen LogP contribution is 2.32. The van der Waals surface area contributed by atoms with Crippen molar-refractivity contribution in [1.82, 2.24) is 9.62 Å².